The summed E-state index contributed by atoms with van der Waals surface area (Å²) in [5.74, 6) is 1.04. The average Bonchev–Trinajstić information content (AvgIpc) is 3.27. The molecule has 19 heavy (non-hydrogen) atoms. The molecule has 4 heteroatoms. The third-order valence-electron chi connectivity index (χ3n) is 3.83. The third-order valence-corrected chi connectivity index (χ3v) is 3.83. The first-order chi connectivity index (χ1) is 9.28. The lowest BCUT2D eigenvalue weighted by atomic mass is 10.0. The number of aryl methyl sites for hydroxylation is 1. The van der Waals surface area contributed by atoms with E-state index in [1.807, 2.05) is 23.1 Å². The molecule has 0 spiro atoms. The molecule has 1 heterocycles. The highest BCUT2D eigenvalue weighted by Crippen LogP contribution is 2.30. The van der Waals surface area contributed by atoms with E-state index in [0.29, 0.717) is 12.6 Å². The van der Waals surface area contributed by atoms with Crippen molar-refractivity contribution in [1.29, 1.82) is 0 Å². The number of ether oxygens (including phenoxy) is 1. The molecule has 1 aliphatic heterocycles. The summed E-state index contributed by atoms with van der Waals surface area (Å²) in [5, 5.41) is 3.29. The summed E-state index contributed by atoms with van der Waals surface area (Å²) in [6.07, 6.45) is 4.46. The van der Waals surface area contributed by atoms with E-state index in [1.165, 1.54) is 18.4 Å². The Morgan fingerprint density at radius 2 is 2.32 bits per heavy atom. The molecule has 1 saturated carbocycles. The molecule has 4 nitrogen and oxygen atoms in total. The van der Waals surface area contributed by atoms with Crippen LogP contribution >= 0.6 is 0 Å². The molecule has 0 unspecified atom stereocenters. The van der Waals surface area contributed by atoms with Crippen molar-refractivity contribution in [2.75, 3.05) is 25.1 Å². The Kier molecular flexibility index (Phi) is 3.42. The lowest BCUT2D eigenvalue weighted by molar-refractivity contribution is -0.117. The van der Waals surface area contributed by atoms with E-state index < -0.39 is 0 Å². The van der Waals surface area contributed by atoms with Gasteiger partial charge in [0.25, 0.3) is 0 Å². The van der Waals surface area contributed by atoms with Crippen molar-refractivity contribution >= 4 is 11.6 Å². The summed E-state index contributed by atoms with van der Waals surface area (Å²) in [7, 11) is 1.67. The quantitative estimate of drug-likeness (QED) is 0.896. The fraction of sp³-hybridized carbons (Fsp3) is 0.533. The van der Waals surface area contributed by atoms with E-state index in [9.17, 15) is 4.79 Å². The Hall–Kier alpha value is -1.55. The number of fused-ring (bicyclic) bond motifs is 1. The predicted octanol–water partition coefficient (Wildman–Crippen LogP) is 1.73. The van der Waals surface area contributed by atoms with Crippen molar-refractivity contribution in [3.63, 3.8) is 0 Å². The summed E-state index contributed by atoms with van der Waals surface area (Å²) in [5.41, 5.74) is 2.26. The number of hydrogen-bond acceptors (Lipinski definition) is 3. The van der Waals surface area contributed by atoms with Crippen molar-refractivity contribution in [3.05, 3.63) is 23.8 Å². The molecule has 1 amide bonds. The molecule has 0 radical (unpaired) electrons. The lowest BCUT2D eigenvalue weighted by Crippen LogP contribution is -2.41. The number of rotatable bonds is 4. The van der Waals surface area contributed by atoms with Gasteiger partial charge in [0.1, 0.15) is 5.75 Å². The number of carbonyl (C=O) groups is 1. The number of carbonyl (C=O) groups excluding carboxylic acids is 1. The number of methoxy groups -OCH3 is 1. The minimum absolute atomic E-state index is 0.179. The van der Waals surface area contributed by atoms with E-state index in [1.54, 1.807) is 7.11 Å². The molecular formula is C15H20N2O2. The second kappa shape index (κ2) is 5.21. The molecule has 0 aromatic heterocycles. The first-order valence-corrected chi connectivity index (χ1v) is 6.98. The molecule has 3 rings (SSSR count). The van der Waals surface area contributed by atoms with Crippen molar-refractivity contribution in [3.8, 4) is 5.75 Å². The molecule has 2 aliphatic rings. The summed E-state index contributed by atoms with van der Waals surface area (Å²) >= 11 is 0. The molecule has 102 valence electrons. The van der Waals surface area contributed by atoms with E-state index in [2.05, 4.69) is 5.32 Å². The highest BCUT2D eigenvalue weighted by molar-refractivity contribution is 5.96. The molecule has 0 saturated heterocycles. The van der Waals surface area contributed by atoms with Gasteiger partial charge in [-0.05, 0) is 49.4 Å². The van der Waals surface area contributed by atoms with Gasteiger partial charge >= 0.3 is 0 Å². The van der Waals surface area contributed by atoms with Gasteiger partial charge in [-0.25, -0.2) is 0 Å². The SMILES string of the molecule is COc1ccc2c(c1)CCCN2C(=O)CNC1CC1. The topological polar surface area (TPSA) is 41.6 Å². The van der Waals surface area contributed by atoms with Gasteiger partial charge < -0.3 is 15.0 Å². The Morgan fingerprint density at radius 1 is 1.47 bits per heavy atom. The standard InChI is InChI=1S/C15H20N2O2/c1-19-13-6-7-14-11(9-13)3-2-8-17(14)15(18)10-16-12-4-5-12/h6-7,9,12,16H,2-5,8,10H2,1H3. The highest BCUT2D eigenvalue weighted by Gasteiger charge is 2.25. The number of anilines is 1. The second-order valence-electron chi connectivity index (χ2n) is 5.30. The lowest BCUT2D eigenvalue weighted by Gasteiger charge is -2.30. The first-order valence-electron chi connectivity index (χ1n) is 6.98. The van der Waals surface area contributed by atoms with E-state index in [4.69, 9.17) is 4.74 Å². The Labute approximate surface area is 113 Å². The number of amides is 1. The zero-order valence-corrected chi connectivity index (χ0v) is 11.3. The average molecular weight is 260 g/mol. The fourth-order valence-corrected chi connectivity index (χ4v) is 2.57. The molecular weight excluding hydrogens is 240 g/mol. The van der Waals surface area contributed by atoms with Crippen molar-refractivity contribution < 1.29 is 9.53 Å². The van der Waals surface area contributed by atoms with Crippen molar-refractivity contribution in [1.82, 2.24) is 5.32 Å². The second-order valence-corrected chi connectivity index (χ2v) is 5.30. The minimum atomic E-state index is 0.179. The van der Waals surface area contributed by atoms with Gasteiger partial charge in [0, 0.05) is 18.3 Å². The third kappa shape index (κ3) is 2.73. The van der Waals surface area contributed by atoms with E-state index in [-0.39, 0.29) is 5.91 Å². The van der Waals surface area contributed by atoms with Crippen LogP contribution in [0.3, 0.4) is 0 Å². The summed E-state index contributed by atoms with van der Waals surface area (Å²) in [6.45, 7) is 1.28. The van der Waals surface area contributed by atoms with Gasteiger partial charge in [-0.3, -0.25) is 4.79 Å². The fourth-order valence-electron chi connectivity index (χ4n) is 2.57. The molecule has 0 atom stereocenters. The molecule has 1 fully saturated rings. The van der Waals surface area contributed by atoms with Crippen LogP contribution in [0, 0.1) is 0 Å². The van der Waals surface area contributed by atoms with Crippen LogP contribution in [0.5, 0.6) is 5.75 Å². The number of hydrogen-bond donors (Lipinski definition) is 1. The van der Waals surface area contributed by atoms with Crippen LogP contribution in [0.2, 0.25) is 0 Å². The number of nitrogens with one attached hydrogen (secondary N) is 1. The highest BCUT2D eigenvalue weighted by atomic mass is 16.5. The first kappa shape index (κ1) is 12.5. The van der Waals surface area contributed by atoms with Gasteiger partial charge in [0.2, 0.25) is 5.91 Å². The van der Waals surface area contributed by atoms with E-state index in [0.717, 1.165) is 30.8 Å². The Balaban J connectivity index is 1.74. The van der Waals surface area contributed by atoms with Gasteiger partial charge in [-0.15, -0.1) is 0 Å². The normalized spacial score (nSPS) is 18.1. The maximum atomic E-state index is 12.3. The zero-order valence-electron chi connectivity index (χ0n) is 11.3. The Bertz CT molecular complexity index is 483. The number of benzene rings is 1. The molecule has 1 N–H and O–H groups in total. The largest absolute Gasteiger partial charge is 0.497 e. The Morgan fingerprint density at radius 3 is 3.05 bits per heavy atom. The summed E-state index contributed by atoms with van der Waals surface area (Å²) in [4.78, 5) is 14.2. The van der Waals surface area contributed by atoms with Crippen LogP contribution in [0.15, 0.2) is 18.2 Å². The molecule has 1 aliphatic carbocycles. The van der Waals surface area contributed by atoms with Crippen LogP contribution < -0.4 is 15.0 Å². The zero-order chi connectivity index (χ0) is 13.2. The van der Waals surface area contributed by atoms with Gasteiger partial charge in [0.05, 0.1) is 13.7 Å². The van der Waals surface area contributed by atoms with Crippen molar-refractivity contribution in [2.24, 2.45) is 0 Å². The molecule has 1 aromatic carbocycles. The summed E-state index contributed by atoms with van der Waals surface area (Å²) in [6, 6.07) is 6.55. The smallest absolute Gasteiger partial charge is 0.240 e. The molecule has 0 bridgehead atoms. The van der Waals surface area contributed by atoms with Crippen LogP contribution in [0.4, 0.5) is 5.69 Å². The van der Waals surface area contributed by atoms with Crippen molar-refractivity contribution in [2.45, 2.75) is 31.7 Å². The molecule has 1 aromatic rings. The van der Waals surface area contributed by atoms with Crippen LogP contribution in [-0.2, 0) is 11.2 Å². The maximum absolute atomic E-state index is 12.3. The van der Waals surface area contributed by atoms with Crippen LogP contribution in [-0.4, -0.2) is 32.1 Å². The summed E-state index contributed by atoms with van der Waals surface area (Å²) < 4.78 is 5.25. The van der Waals surface area contributed by atoms with Gasteiger partial charge in [-0.1, -0.05) is 0 Å². The van der Waals surface area contributed by atoms with Gasteiger partial charge in [-0.2, -0.15) is 0 Å². The van der Waals surface area contributed by atoms with Crippen LogP contribution in [0.25, 0.3) is 0 Å². The monoisotopic (exact) mass is 260 g/mol. The van der Waals surface area contributed by atoms with Crippen LogP contribution in [0.1, 0.15) is 24.8 Å². The minimum Gasteiger partial charge on any atom is -0.497 e. The van der Waals surface area contributed by atoms with Gasteiger partial charge in [0.15, 0.2) is 0 Å². The van der Waals surface area contributed by atoms with E-state index >= 15 is 0 Å². The maximum Gasteiger partial charge on any atom is 0.240 e. The predicted molar refractivity (Wildman–Crippen MR) is 74.7 cm³/mol. The number of nitrogens with zero attached hydrogens (tertiary/aromatic N) is 1.